The van der Waals surface area contributed by atoms with E-state index in [9.17, 15) is 8.42 Å². The molecular weight excluding hydrogens is 240 g/mol. The molecule has 0 bridgehead atoms. The minimum Gasteiger partial charge on any atom is -0.377 e. The maximum Gasteiger partial charge on any atom is 0.214 e. The Morgan fingerprint density at radius 1 is 1.41 bits per heavy atom. The molecule has 102 valence electrons. The molecule has 1 heterocycles. The van der Waals surface area contributed by atoms with Crippen LogP contribution < -0.4 is 5.73 Å². The molecule has 1 rings (SSSR count). The molecule has 5 nitrogen and oxygen atoms in total. The molecule has 1 aliphatic heterocycles. The first-order chi connectivity index (χ1) is 8.10. The van der Waals surface area contributed by atoms with Gasteiger partial charge in [0.15, 0.2) is 0 Å². The third-order valence-electron chi connectivity index (χ3n) is 2.99. The fraction of sp³-hybridized carbons (Fsp3) is 1.00. The van der Waals surface area contributed by atoms with Gasteiger partial charge in [-0.15, -0.1) is 0 Å². The van der Waals surface area contributed by atoms with Crippen molar-refractivity contribution in [3.63, 3.8) is 0 Å². The minimum atomic E-state index is -3.11. The van der Waals surface area contributed by atoms with Crippen molar-refractivity contribution in [3.8, 4) is 0 Å². The van der Waals surface area contributed by atoms with Gasteiger partial charge >= 0.3 is 0 Å². The van der Waals surface area contributed by atoms with Crippen molar-refractivity contribution in [1.29, 1.82) is 0 Å². The van der Waals surface area contributed by atoms with E-state index in [1.807, 2.05) is 6.92 Å². The largest absolute Gasteiger partial charge is 0.377 e. The standard InChI is InChI=1S/C11H24N2O3S/c1-2-16-11-6-5-8-13(10-11)17(14,15)9-4-3-7-12/h11H,2-10,12H2,1H3. The van der Waals surface area contributed by atoms with Crippen LogP contribution in [0.4, 0.5) is 0 Å². The fourth-order valence-corrected chi connectivity index (χ4v) is 3.72. The van der Waals surface area contributed by atoms with Crippen molar-refractivity contribution in [3.05, 3.63) is 0 Å². The summed E-state index contributed by atoms with van der Waals surface area (Å²) in [5.74, 6) is 0.211. The number of nitrogens with two attached hydrogens (primary N) is 1. The summed E-state index contributed by atoms with van der Waals surface area (Å²) in [6, 6.07) is 0. The highest BCUT2D eigenvalue weighted by molar-refractivity contribution is 7.89. The van der Waals surface area contributed by atoms with Gasteiger partial charge in [-0.1, -0.05) is 0 Å². The maximum absolute atomic E-state index is 12.0. The maximum atomic E-state index is 12.0. The summed E-state index contributed by atoms with van der Waals surface area (Å²) in [6.45, 7) is 4.28. The third kappa shape index (κ3) is 4.91. The van der Waals surface area contributed by atoms with Crippen molar-refractivity contribution in [2.24, 2.45) is 5.73 Å². The SMILES string of the molecule is CCOC1CCCN(S(=O)(=O)CCCCN)C1. The van der Waals surface area contributed by atoms with Crippen LogP contribution in [-0.2, 0) is 14.8 Å². The van der Waals surface area contributed by atoms with Crippen molar-refractivity contribution in [1.82, 2.24) is 4.31 Å². The summed E-state index contributed by atoms with van der Waals surface area (Å²) in [5, 5.41) is 0. The van der Waals surface area contributed by atoms with E-state index in [0.29, 0.717) is 32.7 Å². The molecule has 0 spiro atoms. The van der Waals surface area contributed by atoms with Crippen LogP contribution in [0.1, 0.15) is 32.6 Å². The first-order valence-corrected chi connectivity index (χ1v) is 8.00. The zero-order valence-corrected chi connectivity index (χ0v) is 11.4. The zero-order valence-electron chi connectivity index (χ0n) is 10.6. The van der Waals surface area contributed by atoms with E-state index in [1.54, 1.807) is 4.31 Å². The Balaban J connectivity index is 2.46. The first-order valence-electron chi connectivity index (χ1n) is 6.39. The molecule has 0 aromatic heterocycles. The van der Waals surface area contributed by atoms with Crippen LogP contribution in [0.2, 0.25) is 0 Å². The monoisotopic (exact) mass is 264 g/mol. The Hall–Kier alpha value is -0.170. The highest BCUT2D eigenvalue weighted by Gasteiger charge is 2.28. The zero-order chi connectivity index (χ0) is 12.7. The Kier molecular flexibility index (Phi) is 6.40. The van der Waals surface area contributed by atoms with Gasteiger partial charge in [0, 0.05) is 19.7 Å². The summed E-state index contributed by atoms with van der Waals surface area (Å²) in [4.78, 5) is 0. The van der Waals surface area contributed by atoms with Gasteiger partial charge in [0.05, 0.1) is 11.9 Å². The van der Waals surface area contributed by atoms with Gasteiger partial charge in [-0.3, -0.25) is 0 Å². The Morgan fingerprint density at radius 3 is 2.82 bits per heavy atom. The first kappa shape index (κ1) is 14.9. The molecule has 6 heteroatoms. The Labute approximate surface area is 104 Å². The lowest BCUT2D eigenvalue weighted by molar-refractivity contribution is 0.0265. The Bertz CT molecular complexity index is 304. The van der Waals surface area contributed by atoms with Gasteiger partial charge in [-0.05, 0) is 39.2 Å². The molecular formula is C11H24N2O3S. The number of unbranched alkanes of at least 4 members (excludes halogenated alkanes) is 1. The van der Waals surface area contributed by atoms with Crippen LogP contribution >= 0.6 is 0 Å². The van der Waals surface area contributed by atoms with Crippen molar-refractivity contribution in [2.75, 3.05) is 32.0 Å². The summed E-state index contributed by atoms with van der Waals surface area (Å²) >= 11 is 0. The van der Waals surface area contributed by atoms with Gasteiger partial charge in [0.2, 0.25) is 10.0 Å². The van der Waals surface area contributed by atoms with Crippen molar-refractivity contribution >= 4 is 10.0 Å². The van der Waals surface area contributed by atoms with Crippen LogP contribution in [-0.4, -0.2) is 50.8 Å². The van der Waals surface area contributed by atoms with E-state index < -0.39 is 10.0 Å². The van der Waals surface area contributed by atoms with E-state index in [-0.39, 0.29) is 11.9 Å². The number of hydrogen-bond donors (Lipinski definition) is 1. The predicted molar refractivity (Wildman–Crippen MR) is 68.3 cm³/mol. The fourth-order valence-electron chi connectivity index (χ4n) is 2.09. The lowest BCUT2D eigenvalue weighted by Crippen LogP contribution is -2.44. The molecule has 0 aliphatic carbocycles. The highest BCUT2D eigenvalue weighted by atomic mass is 32.2. The molecule has 1 fully saturated rings. The number of rotatable bonds is 7. The molecule has 0 radical (unpaired) electrons. The average molecular weight is 264 g/mol. The van der Waals surface area contributed by atoms with Crippen LogP contribution in [0.15, 0.2) is 0 Å². The average Bonchev–Trinajstić information content (AvgIpc) is 2.30. The molecule has 1 saturated heterocycles. The van der Waals surface area contributed by atoms with Crippen LogP contribution in [0.25, 0.3) is 0 Å². The second kappa shape index (κ2) is 7.31. The molecule has 0 saturated carbocycles. The number of sulfonamides is 1. The molecule has 17 heavy (non-hydrogen) atoms. The molecule has 1 aliphatic rings. The number of ether oxygens (including phenoxy) is 1. The minimum absolute atomic E-state index is 0.0676. The van der Waals surface area contributed by atoms with Gasteiger partial charge < -0.3 is 10.5 Å². The normalized spacial score (nSPS) is 22.8. The predicted octanol–water partition coefficient (Wildman–Crippen LogP) is 0.556. The molecule has 0 amide bonds. The lowest BCUT2D eigenvalue weighted by Gasteiger charge is -2.31. The van der Waals surface area contributed by atoms with Gasteiger partial charge in [0.25, 0.3) is 0 Å². The summed E-state index contributed by atoms with van der Waals surface area (Å²) in [7, 11) is -3.11. The van der Waals surface area contributed by atoms with Gasteiger partial charge in [-0.25, -0.2) is 8.42 Å². The van der Waals surface area contributed by atoms with Crippen molar-refractivity contribution < 1.29 is 13.2 Å². The summed E-state index contributed by atoms with van der Waals surface area (Å²) in [6.07, 6.45) is 3.33. The topological polar surface area (TPSA) is 72.6 Å². The molecule has 0 aromatic rings. The summed E-state index contributed by atoms with van der Waals surface area (Å²) in [5.41, 5.74) is 5.37. The highest BCUT2D eigenvalue weighted by Crippen LogP contribution is 2.17. The second-order valence-corrected chi connectivity index (χ2v) is 6.48. The van der Waals surface area contributed by atoms with Gasteiger partial charge in [-0.2, -0.15) is 4.31 Å². The lowest BCUT2D eigenvalue weighted by atomic mass is 10.1. The second-order valence-electron chi connectivity index (χ2n) is 4.39. The van der Waals surface area contributed by atoms with E-state index in [0.717, 1.165) is 19.3 Å². The van der Waals surface area contributed by atoms with E-state index in [2.05, 4.69) is 0 Å². The van der Waals surface area contributed by atoms with E-state index in [1.165, 1.54) is 0 Å². The smallest absolute Gasteiger partial charge is 0.214 e. The van der Waals surface area contributed by atoms with Crippen molar-refractivity contribution in [2.45, 2.75) is 38.7 Å². The molecule has 1 unspecified atom stereocenters. The number of hydrogen-bond acceptors (Lipinski definition) is 4. The third-order valence-corrected chi connectivity index (χ3v) is 4.92. The molecule has 1 atom stereocenters. The number of piperidine rings is 1. The Morgan fingerprint density at radius 2 is 2.18 bits per heavy atom. The van der Waals surface area contributed by atoms with E-state index >= 15 is 0 Å². The van der Waals surface area contributed by atoms with Crippen LogP contribution in [0.3, 0.4) is 0 Å². The number of nitrogens with zero attached hydrogens (tertiary/aromatic N) is 1. The molecule has 0 aromatic carbocycles. The van der Waals surface area contributed by atoms with Gasteiger partial charge in [0.1, 0.15) is 0 Å². The summed E-state index contributed by atoms with van der Waals surface area (Å²) < 4.78 is 31.2. The quantitative estimate of drug-likeness (QED) is 0.682. The van der Waals surface area contributed by atoms with Crippen LogP contribution in [0.5, 0.6) is 0 Å². The van der Waals surface area contributed by atoms with Crippen LogP contribution in [0, 0.1) is 0 Å². The molecule has 2 N–H and O–H groups in total. The van der Waals surface area contributed by atoms with E-state index in [4.69, 9.17) is 10.5 Å².